The first-order valence-corrected chi connectivity index (χ1v) is 7.62. The van der Waals surface area contributed by atoms with Crippen molar-refractivity contribution in [2.75, 3.05) is 0 Å². The summed E-state index contributed by atoms with van der Waals surface area (Å²) in [5, 5.41) is 8.28. The Morgan fingerprint density at radius 3 is 2.75 bits per heavy atom. The first kappa shape index (κ1) is 15.1. The van der Waals surface area contributed by atoms with Crippen LogP contribution in [0.2, 0.25) is 5.15 Å². The molecule has 8 heteroatoms. The molecule has 1 N–H and O–H groups in total. The van der Waals surface area contributed by atoms with Gasteiger partial charge in [0, 0.05) is 18.5 Å². The second kappa shape index (κ2) is 6.41. The molecule has 2 aromatic rings. The Kier molecular flexibility index (Phi) is 4.82. The number of H-pyrrole nitrogens is 1. The molecule has 0 aliphatic rings. The molecule has 0 aromatic carbocycles. The maximum absolute atomic E-state index is 11.7. The van der Waals surface area contributed by atoms with Crippen molar-refractivity contribution in [2.45, 2.75) is 50.3 Å². The van der Waals surface area contributed by atoms with E-state index in [2.05, 4.69) is 20.2 Å². The van der Waals surface area contributed by atoms with Crippen molar-refractivity contribution in [3.63, 3.8) is 0 Å². The van der Waals surface area contributed by atoms with E-state index in [4.69, 9.17) is 11.6 Å². The van der Waals surface area contributed by atoms with Crippen molar-refractivity contribution in [1.29, 1.82) is 0 Å². The minimum absolute atomic E-state index is 0.206. The molecular weight excluding hydrogens is 298 g/mol. The average molecular weight is 314 g/mol. The topological polar surface area (TPSA) is 76.5 Å². The molecule has 0 aliphatic carbocycles. The lowest BCUT2D eigenvalue weighted by Crippen LogP contribution is -2.17. The molecule has 0 atom stereocenters. The summed E-state index contributed by atoms with van der Waals surface area (Å²) >= 11 is 7.44. The normalized spacial score (nSPS) is 11.0. The van der Waals surface area contributed by atoms with Crippen LogP contribution in [0.25, 0.3) is 0 Å². The largest absolute Gasteiger partial charge is 0.343 e. The van der Waals surface area contributed by atoms with E-state index in [1.807, 2.05) is 20.8 Å². The number of nitrogens with one attached hydrogen (secondary N) is 1. The fourth-order valence-electron chi connectivity index (χ4n) is 1.66. The van der Waals surface area contributed by atoms with Crippen molar-refractivity contribution in [3.05, 3.63) is 27.0 Å². The summed E-state index contributed by atoms with van der Waals surface area (Å²) in [7, 11) is 0. The Hall–Kier alpha value is -1.34. The molecule has 0 amide bonds. The van der Waals surface area contributed by atoms with Gasteiger partial charge in [-0.15, -0.1) is 5.10 Å². The summed E-state index contributed by atoms with van der Waals surface area (Å²) in [6.45, 7) is 6.46. The maximum atomic E-state index is 11.7. The quantitative estimate of drug-likeness (QED) is 0.858. The lowest BCUT2D eigenvalue weighted by Gasteiger charge is -2.08. The molecule has 0 bridgehead atoms. The first-order chi connectivity index (χ1) is 9.56. The molecule has 20 heavy (non-hydrogen) atoms. The van der Waals surface area contributed by atoms with Crippen LogP contribution >= 0.6 is 23.4 Å². The molecule has 0 fully saturated rings. The van der Waals surface area contributed by atoms with Crippen LogP contribution in [0, 0.1) is 6.92 Å². The van der Waals surface area contributed by atoms with Crippen LogP contribution in [0.1, 0.15) is 31.7 Å². The fourth-order valence-corrected chi connectivity index (χ4v) is 2.85. The van der Waals surface area contributed by atoms with Gasteiger partial charge in [0.2, 0.25) is 0 Å². The highest BCUT2D eigenvalue weighted by atomic mass is 35.5. The minimum Gasteiger partial charge on any atom is -0.270 e. The number of aromatic nitrogens is 5. The van der Waals surface area contributed by atoms with Gasteiger partial charge < -0.3 is 0 Å². The zero-order valence-corrected chi connectivity index (χ0v) is 13.2. The van der Waals surface area contributed by atoms with Crippen molar-refractivity contribution in [2.24, 2.45) is 0 Å². The number of aromatic amines is 1. The third kappa shape index (κ3) is 3.04. The third-order valence-corrected chi connectivity index (χ3v) is 4.22. The molecule has 2 rings (SSSR count). The molecule has 6 nitrogen and oxygen atoms in total. The van der Waals surface area contributed by atoms with Gasteiger partial charge in [0.05, 0.1) is 0 Å². The Labute approximate surface area is 126 Å². The lowest BCUT2D eigenvalue weighted by molar-refractivity contribution is 0.603. The van der Waals surface area contributed by atoms with Crippen LogP contribution in [0.3, 0.4) is 0 Å². The number of nitrogens with zero attached hydrogens (tertiary/aromatic N) is 4. The van der Waals surface area contributed by atoms with Crippen LogP contribution < -0.4 is 5.69 Å². The van der Waals surface area contributed by atoms with Crippen LogP contribution in [0.15, 0.2) is 15.0 Å². The summed E-state index contributed by atoms with van der Waals surface area (Å²) in [5.74, 6) is 0.683. The maximum Gasteiger partial charge on any atom is 0.343 e. The lowest BCUT2D eigenvalue weighted by atomic mass is 10.3. The molecule has 2 heterocycles. The monoisotopic (exact) mass is 313 g/mol. The molecule has 0 aliphatic heterocycles. The van der Waals surface area contributed by atoms with E-state index in [0.717, 1.165) is 17.0 Å². The highest BCUT2D eigenvalue weighted by Crippen LogP contribution is 2.29. The summed E-state index contributed by atoms with van der Waals surface area (Å²) in [4.78, 5) is 20.3. The second-order valence-corrected chi connectivity index (χ2v) is 5.59. The second-order valence-electron chi connectivity index (χ2n) is 4.28. The average Bonchev–Trinajstić information content (AvgIpc) is 2.77. The third-order valence-electron chi connectivity index (χ3n) is 2.76. The Morgan fingerprint density at radius 2 is 2.10 bits per heavy atom. The highest BCUT2D eigenvalue weighted by Gasteiger charge is 2.15. The molecule has 2 aromatic heterocycles. The van der Waals surface area contributed by atoms with Crippen LogP contribution in [0.4, 0.5) is 0 Å². The Balaban J connectivity index is 2.39. The summed E-state index contributed by atoms with van der Waals surface area (Å²) in [5.41, 5.74) is 0.593. The summed E-state index contributed by atoms with van der Waals surface area (Å²) < 4.78 is 1.60. The van der Waals surface area contributed by atoms with E-state index in [0.29, 0.717) is 29.1 Å². The van der Waals surface area contributed by atoms with Crippen molar-refractivity contribution >= 4 is 23.4 Å². The van der Waals surface area contributed by atoms with Gasteiger partial charge in [-0.25, -0.2) is 19.9 Å². The fraction of sp³-hybridized carbons (Fsp3) is 0.500. The SMILES string of the molecule is CCCn1c(Sc2nc(CC)nc(Cl)c2C)n[nH]c1=O. The van der Waals surface area contributed by atoms with Gasteiger partial charge in [0.15, 0.2) is 5.16 Å². The number of hydrogen-bond acceptors (Lipinski definition) is 5. The van der Waals surface area contributed by atoms with Crippen molar-refractivity contribution < 1.29 is 0 Å². The van der Waals surface area contributed by atoms with Gasteiger partial charge in [0.25, 0.3) is 0 Å². The van der Waals surface area contributed by atoms with E-state index in [1.54, 1.807) is 4.57 Å². The first-order valence-electron chi connectivity index (χ1n) is 6.42. The van der Waals surface area contributed by atoms with Crippen LogP contribution in [0.5, 0.6) is 0 Å². The standard InChI is InChI=1S/C12H16ClN5OS/c1-4-6-18-11(19)16-17-12(18)20-10-7(3)9(13)14-8(5-2)15-10/h4-6H2,1-3H3,(H,16,19). The zero-order valence-electron chi connectivity index (χ0n) is 11.6. The van der Waals surface area contributed by atoms with E-state index < -0.39 is 0 Å². The number of aryl methyl sites for hydroxylation is 1. The summed E-state index contributed by atoms with van der Waals surface area (Å²) in [6.07, 6.45) is 1.56. The van der Waals surface area contributed by atoms with E-state index >= 15 is 0 Å². The molecule has 0 saturated heterocycles. The Bertz CT molecular complexity index is 666. The Morgan fingerprint density at radius 1 is 1.35 bits per heavy atom. The van der Waals surface area contributed by atoms with Crippen LogP contribution in [-0.4, -0.2) is 24.7 Å². The number of rotatable bonds is 5. The zero-order chi connectivity index (χ0) is 14.7. The molecule has 0 radical (unpaired) electrons. The smallest absolute Gasteiger partial charge is 0.270 e. The van der Waals surface area contributed by atoms with Gasteiger partial charge in [-0.1, -0.05) is 25.4 Å². The van der Waals surface area contributed by atoms with Gasteiger partial charge in [0.1, 0.15) is 16.0 Å². The summed E-state index contributed by atoms with van der Waals surface area (Å²) in [6, 6.07) is 0. The number of hydrogen-bond donors (Lipinski definition) is 1. The van der Waals surface area contributed by atoms with E-state index in [1.165, 1.54) is 11.8 Å². The van der Waals surface area contributed by atoms with E-state index in [9.17, 15) is 4.79 Å². The molecule has 0 spiro atoms. The highest BCUT2D eigenvalue weighted by molar-refractivity contribution is 7.99. The van der Waals surface area contributed by atoms with Gasteiger partial charge >= 0.3 is 5.69 Å². The number of halogens is 1. The van der Waals surface area contributed by atoms with Gasteiger partial charge in [-0.3, -0.25) is 4.57 Å². The molecule has 108 valence electrons. The van der Waals surface area contributed by atoms with Gasteiger partial charge in [-0.2, -0.15) is 0 Å². The van der Waals surface area contributed by atoms with E-state index in [-0.39, 0.29) is 5.69 Å². The predicted octanol–water partition coefficient (Wildman–Crippen LogP) is 2.45. The van der Waals surface area contributed by atoms with Crippen molar-refractivity contribution in [1.82, 2.24) is 24.7 Å². The molecular formula is C12H16ClN5OS. The van der Waals surface area contributed by atoms with Crippen molar-refractivity contribution in [3.8, 4) is 0 Å². The minimum atomic E-state index is -0.206. The van der Waals surface area contributed by atoms with Crippen LogP contribution in [-0.2, 0) is 13.0 Å². The van der Waals surface area contributed by atoms with Gasteiger partial charge in [-0.05, 0) is 25.1 Å². The molecule has 0 saturated carbocycles. The molecule has 0 unspecified atom stereocenters. The predicted molar refractivity (Wildman–Crippen MR) is 78.4 cm³/mol.